The highest BCUT2D eigenvalue weighted by atomic mass is 32.2. The van der Waals surface area contributed by atoms with Gasteiger partial charge in [-0.25, -0.2) is 13.1 Å². The first-order chi connectivity index (χ1) is 11.5. The van der Waals surface area contributed by atoms with Crippen LogP contribution in [0, 0.1) is 22.5 Å². The van der Waals surface area contributed by atoms with E-state index in [9.17, 15) is 18.5 Å². The second-order valence-corrected chi connectivity index (χ2v) is 8.76. The minimum Gasteiger partial charge on any atom is -0.258 e. The zero-order chi connectivity index (χ0) is 18.8. The fourth-order valence-electron chi connectivity index (χ4n) is 2.12. The topological polar surface area (TPSA) is 102 Å². The quantitative estimate of drug-likeness (QED) is 0.649. The Kier molecular flexibility index (Phi) is 5.24. The second-order valence-electron chi connectivity index (χ2n) is 6.99. The molecule has 1 aromatic carbocycles. The van der Waals surface area contributed by atoms with Crippen molar-refractivity contribution in [2.45, 2.75) is 32.6 Å². The molecule has 0 bridgehead atoms. The number of rotatable bonds is 5. The van der Waals surface area contributed by atoms with E-state index >= 15 is 0 Å². The first-order valence-corrected chi connectivity index (χ1v) is 9.19. The summed E-state index contributed by atoms with van der Waals surface area (Å²) in [5.41, 5.74) is 1.62. The monoisotopic (exact) mass is 363 g/mol. The third-order valence-electron chi connectivity index (χ3n) is 3.55. The maximum atomic E-state index is 12.3. The van der Waals surface area contributed by atoms with E-state index in [4.69, 9.17) is 0 Å². The number of hydrogen-bond donors (Lipinski definition) is 1. The normalized spacial score (nSPS) is 12.2. The Morgan fingerprint density at radius 3 is 2.32 bits per heavy atom. The van der Waals surface area contributed by atoms with Crippen LogP contribution in [-0.4, -0.2) is 24.9 Å². The standard InChI is InChI=1S/C17H21N3O4S/c1-12-16(9-14(10-18-12)20(21)22)13-5-7-15(8-6-13)25(23,24)19-11-17(2,3)4/h5-10,19H,11H2,1-4H3. The van der Waals surface area contributed by atoms with Crippen LogP contribution in [0.25, 0.3) is 11.1 Å². The van der Waals surface area contributed by atoms with Gasteiger partial charge in [0.15, 0.2) is 0 Å². The minimum atomic E-state index is -3.60. The van der Waals surface area contributed by atoms with Gasteiger partial charge in [0, 0.05) is 23.9 Å². The van der Waals surface area contributed by atoms with E-state index in [1.54, 1.807) is 19.1 Å². The number of aromatic nitrogens is 1. The van der Waals surface area contributed by atoms with Crippen LogP contribution in [0.4, 0.5) is 5.69 Å². The molecular weight excluding hydrogens is 342 g/mol. The largest absolute Gasteiger partial charge is 0.288 e. The average Bonchev–Trinajstić information content (AvgIpc) is 2.53. The summed E-state index contributed by atoms with van der Waals surface area (Å²) in [6, 6.07) is 7.65. The summed E-state index contributed by atoms with van der Waals surface area (Å²) < 4.78 is 27.2. The van der Waals surface area contributed by atoms with Crippen molar-refractivity contribution in [1.82, 2.24) is 9.71 Å². The van der Waals surface area contributed by atoms with Crippen molar-refractivity contribution >= 4 is 15.7 Å². The van der Waals surface area contributed by atoms with Gasteiger partial charge in [-0.1, -0.05) is 32.9 Å². The molecule has 25 heavy (non-hydrogen) atoms. The van der Waals surface area contributed by atoms with E-state index in [0.717, 1.165) is 0 Å². The van der Waals surface area contributed by atoms with Gasteiger partial charge in [0.2, 0.25) is 10.0 Å². The second kappa shape index (κ2) is 6.89. The summed E-state index contributed by atoms with van der Waals surface area (Å²) >= 11 is 0. The van der Waals surface area contributed by atoms with Gasteiger partial charge in [-0.3, -0.25) is 15.1 Å². The molecule has 8 heteroatoms. The van der Waals surface area contributed by atoms with E-state index in [1.807, 2.05) is 20.8 Å². The van der Waals surface area contributed by atoms with Crippen LogP contribution in [0.15, 0.2) is 41.4 Å². The number of hydrogen-bond acceptors (Lipinski definition) is 5. The molecule has 0 atom stereocenters. The number of sulfonamides is 1. The Bertz CT molecular complexity index is 885. The van der Waals surface area contributed by atoms with E-state index in [0.29, 0.717) is 23.4 Å². The first kappa shape index (κ1) is 19.0. The molecule has 1 aromatic heterocycles. The van der Waals surface area contributed by atoms with Gasteiger partial charge in [-0.05, 0) is 30.0 Å². The van der Waals surface area contributed by atoms with Gasteiger partial charge < -0.3 is 0 Å². The van der Waals surface area contributed by atoms with Crippen molar-refractivity contribution in [1.29, 1.82) is 0 Å². The Balaban J connectivity index is 2.31. The van der Waals surface area contributed by atoms with Gasteiger partial charge in [0.25, 0.3) is 5.69 Å². The minimum absolute atomic E-state index is 0.107. The lowest BCUT2D eigenvalue weighted by atomic mass is 9.98. The lowest BCUT2D eigenvalue weighted by Gasteiger charge is -2.18. The number of nitro groups is 1. The number of benzene rings is 1. The molecule has 0 aliphatic heterocycles. The third-order valence-corrected chi connectivity index (χ3v) is 4.97. The SMILES string of the molecule is Cc1ncc([N+](=O)[O-])cc1-c1ccc(S(=O)(=O)NCC(C)(C)C)cc1. The average molecular weight is 363 g/mol. The van der Waals surface area contributed by atoms with E-state index in [1.165, 1.54) is 24.4 Å². The van der Waals surface area contributed by atoms with Crippen LogP contribution in [0.1, 0.15) is 26.5 Å². The highest BCUT2D eigenvalue weighted by Gasteiger charge is 2.19. The zero-order valence-electron chi connectivity index (χ0n) is 14.6. The summed E-state index contributed by atoms with van der Waals surface area (Å²) in [6.45, 7) is 7.89. The Morgan fingerprint density at radius 2 is 1.80 bits per heavy atom. The van der Waals surface area contributed by atoms with Crippen molar-refractivity contribution in [2.75, 3.05) is 6.54 Å². The van der Waals surface area contributed by atoms with Crippen molar-refractivity contribution in [3.8, 4) is 11.1 Å². The predicted octanol–water partition coefficient (Wildman–Crippen LogP) is 3.29. The van der Waals surface area contributed by atoms with E-state index in [2.05, 4.69) is 9.71 Å². The van der Waals surface area contributed by atoms with Crippen LogP contribution in [0.3, 0.4) is 0 Å². The lowest BCUT2D eigenvalue weighted by Crippen LogP contribution is -2.32. The summed E-state index contributed by atoms with van der Waals surface area (Å²) in [4.78, 5) is 14.6. The molecule has 2 aromatic rings. The Morgan fingerprint density at radius 1 is 1.20 bits per heavy atom. The van der Waals surface area contributed by atoms with Crippen LogP contribution in [-0.2, 0) is 10.0 Å². The van der Waals surface area contributed by atoms with Crippen LogP contribution >= 0.6 is 0 Å². The van der Waals surface area contributed by atoms with Gasteiger partial charge in [-0.15, -0.1) is 0 Å². The molecule has 2 rings (SSSR count). The fraction of sp³-hybridized carbons (Fsp3) is 0.353. The molecule has 0 radical (unpaired) electrons. The summed E-state index contributed by atoms with van der Waals surface area (Å²) in [6.07, 6.45) is 1.20. The van der Waals surface area contributed by atoms with Crippen molar-refractivity contribution < 1.29 is 13.3 Å². The number of nitrogens with one attached hydrogen (secondary N) is 1. The first-order valence-electron chi connectivity index (χ1n) is 7.71. The molecule has 1 heterocycles. The molecular formula is C17H21N3O4S. The molecule has 0 saturated carbocycles. The molecule has 0 unspecified atom stereocenters. The van der Waals surface area contributed by atoms with Crippen LogP contribution < -0.4 is 4.72 Å². The van der Waals surface area contributed by atoms with Gasteiger partial charge in [-0.2, -0.15) is 0 Å². The molecule has 0 saturated heterocycles. The molecule has 0 aliphatic carbocycles. The Labute approximate surface area is 147 Å². The molecule has 0 fully saturated rings. The highest BCUT2D eigenvalue weighted by molar-refractivity contribution is 7.89. The number of aryl methyl sites for hydroxylation is 1. The molecule has 0 spiro atoms. The van der Waals surface area contributed by atoms with Crippen molar-refractivity contribution in [3.05, 3.63) is 52.3 Å². The summed E-state index contributed by atoms with van der Waals surface area (Å²) in [5, 5.41) is 10.9. The molecule has 0 aliphatic rings. The molecule has 1 N–H and O–H groups in total. The van der Waals surface area contributed by atoms with E-state index in [-0.39, 0.29) is 16.0 Å². The van der Waals surface area contributed by atoms with Crippen molar-refractivity contribution in [3.63, 3.8) is 0 Å². The highest BCUT2D eigenvalue weighted by Crippen LogP contribution is 2.27. The summed E-state index contributed by atoms with van der Waals surface area (Å²) in [7, 11) is -3.60. The zero-order valence-corrected chi connectivity index (χ0v) is 15.4. The van der Waals surface area contributed by atoms with Crippen molar-refractivity contribution in [2.24, 2.45) is 5.41 Å². The fourth-order valence-corrected chi connectivity index (χ4v) is 3.41. The van der Waals surface area contributed by atoms with Crippen LogP contribution in [0.2, 0.25) is 0 Å². The molecule has 7 nitrogen and oxygen atoms in total. The maximum absolute atomic E-state index is 12.3. The van der Waals surface area contributed by atoms with E-state index < -0.39 is 14.9 Å². The number of pyridine rings is 1. The third kappa shape index (κ3) is 4.83. The van der Waals surface area contributed by atoms with Gasteiger partial charge in [0.05, 0.1) is 9.82 Å². The van der Waals surface area contributed by atoms with Gasteiger partial charge >= 0.3 is 0 Å². The van der Waals surface area contributed by atoms with Gasteiger partial charge in [0.1, 0.15) is 6.20 Å². The number of nitrogens with zero attached hydrogens (tertiary/aromatic N) is 2. The Hall–Kier alpha value is -2.32. The van der Waals surface area contributed by atoms with Crippen LogP contribution in [0.5, 0.6) is 0 Å². The summed E-state index contributed by atoms with van der Waals surface area (Å²) in [5.74, 6) is 0. The smallest absolute Gasteiger partial charge is 0.258 e. The maximum Gasteiger partial charge on any atom is 0.288 e. The molecule has 0 amide bonds. The molecule has 134 valence electrons. The predicted molar refractivity (Wildman–Crippen MR) is 95.7 cm³/mol. The lowest BCUT2D eigenvalue weighted by molar-refractivity contribution is -0.385.